The molecule has 0 heterocycles. The number of benzene rings is 2. The van der Waals surface area contributed by atoms with Gasteiger partial charge in [-0.1, -0.05) is 23.2 Å². The quantitative estimate of drug-likeness (QED) is 0.324. The molecule has 0 saturated carbocycles. The third kappa shape index (κ3) is 6.49. The highest BCUT2D eigenvalue weighted by molar-refractivity contribution is 6.35. The molecule has 2 aromatic carbocycles. The molecule has 178 valence electrons. The molecule has 0 aliphatic rings. The van der Waals surface area contributed by atoms with Crippen molar-refractivity contribution in [2.45, 2.75) is 26.8 Å². The molecule has 0 spiro atoms. The van der Waals surface area contributed by atoms with Gasteiger partial charge in [0.1, 0.15) is 5.02 Å². The lowest BCUT2D eigenvalue weighted by Gasteiger charge is -2.15. The summed E-state index contributed by atoms with van der Waals surface area (Å²) in [5.41, 5.74) is 0.513. The zero-order chi connectivity index (χ0) is 24.5. The highest BCUT2D eigenvalue weighted by Crippen LogP contribution is 2.41. The van der Waals surface area contributed by atoms with Crippen molar-refractivity contribution in [2.75, 3.05) is 32.8 Å². The van der Waals surface area contributed by atoms with E-state index in [0.717, 1.165) is 0 Å². The summed E-state index contributed by atoms with van der Waals surface area (Å²) in [5.74, 6) is 0.147. The Morgan fingerprint density at radius 3 is 2.27 bits per heavy atom. The second kappa shape index (κ2) is 12.3. The van der Waals surface area contributed by atoms with Crippen LogP contribution in [0.5, 0.6) is 23.0 Å². The molecule has 0 fully saturated rings. The molecule has 2 rings (SSSR count). The van der Waals surface area contributed by atoms with Crippen LogP contribution in [0, 0.1) is 0 Å². The number of rotatable bonds is 11. The third-order valence-corrected chi connectivity index (χ3v) is 4.90. The Balaban J connectivity index is 2.31. The van der Waals surface area contributed by atoms with Crippen LogP contribution in [-0.4, -0.2) is 45.2 Å². The number of nitrogens with zero attached hydrogens (tertiary/aromatic N) is 2. The van der Waals surface area contributed by atoms with Crippen LogP contribution in [0.25, 0.3) is 0 Å². The number of hydrogen-bond donors (Lipinski definition) is 1. The molecule has 0 aromatic heterocycles. The molecule has 0 aliphatic carbocycles. The van der Waals surface area contributed by atoms with Gasteiger partial charge >= 0.3 is 0 Å². The minimum atomic E-state index is -1.42. The third-order valence-electron chi connectivity index (χ3n) is 4.25. The average molecular weight is 498 g/mol. The standard InChI is InChI=1S/C22H25Cl2N3O6/c1-6-32-17-11-13(10-14(23)20(17)33-7-2)26-27-19(12(3)28)22(29)25-15-8-9-16(30-4)21(31-5)18(15)24/h8-11,19H,6-7H2,1-5H3,(H,25,29). The predicted molar refractivity (Wildman–Crippen MR) is 126 cm³/mol. The fraction of sp³-hybridized carbons (Fsp3) is 0.364. The smallest absolute Gasteiger partial charge is 0.258 e. The number of amides is 1. The fourth-order valence-corrected chi connectivity index (χ4v) is 3.33. The van der Waals surface area contributed by atoms with Crippen molar-refractivity contribution >= 4 is 46.3 Å². The van der Waals surface area contributed by atoms with Gasteiger partial charge in [0.25, 0.3) is 5.91 Å². The van der Waals surface area contributed by atoms with Crippen molar-refractivity contribution < 1.29 is 28.5 Å². The van der Waals surface area contributed by atoms with Crippen LogP contribution in [0.15, 0.2) is 34.5 Å². The lowest BCUT2D eigenvalue weighted by atomic mass is 10.2. The van der Waals surface area contributed by atoms with E-state index >= 15 is 0 Å². The predicted octanol–water partition coefficient (Wildman–Crippen LogP) is 5.49. The molecule has 1 amide bonds. The van der Waals surface area contributed by atoms with Crippen molar-refractivity contribution in [3.05, 3.63) is 34.3 Å². The molecule has 1 N–H and O–H groups in total. The summed E-state index contributed by atoms with van der Waals surface area (Å²) in [6.45, 7) is 5.64. The van der Waals surface area contributed by atoms with Crippen molar-refractivity contribution in [3.8, 4) is 23.0 Å². The van der Waals surface area contributed by atoms with Crippen LogP contribution >= 0.6 is 23.2 Å². The minimum Gasteiger partial charge on any atom is -0.493 e. The summed E-state index contributed by atoms with van der Waals surface area (Å²) in [6.07, 6.45) is 0. The number of carbonyl (C=O) groups is 2. The highest BCUT2D eigenvalue weighted by Gasteiger charge is 2.25. The van der Waals surface area contributed by atoms with Crippen LogP contribution in [0.1, 0.15) is 20.8 Å². The summed E-state index contributed by atoms with van der Waals surface area (Å²) in [6, 6.07) is 4.73. The van der Waals surface area contributed by atoms with E-state index in [4.69, 9.17) is 42.1 Å². The van der Waals surface area contributed by atoms with Gasteiger partial charge in [-0.15, -0.1) is 0 Å². The van der Waals surface area contributed by atoms with Gasteiger partial charge in [0.05, 0.1) is 43.8 Å². The second-order valence-corrected chi connectivity index (χ2v) is 7.29. The van der Waals surface area contributed by atoms with E-state index in [1.54, 1.807) is 12.1 Å². The lowest BCUT2D eigenvalue weighted by Crippen LogP contribution is -2.31. The summed E-state index contributed by atoms with van der Waals surface area (Å²) in [4.78, 5) is 24.9. The molecule has 0 radical (unpaired) electrons. The lowest BCUT2D eigenvalue weighted by molar-refractivity contribution is -0.126. The number of azo groups is 1. The number of halogens is 2. The SMILES string of the molecule is CCOc1cc(N=NC(C(C)=O)C(=O)Nc2ccc(OC)c(OC)c2Cl)cc(Cl)c1OCC. The first-order valence-corrected chi connectivity index (χ1v) is 10.7. The maximum Gasteiger partial charge on any atom is 0.258 e. The molecule has 11 heteroatoms. The molecule has 0 aliphatic heterocycles. The Morgan fingerprint density at radius 1 is 1.00 bits per heavy atom. The zero-order valence-corrected chi connectivity index (χ0v) is 20.4. The first kappa shape index (κ1) is 26.2. The first-order valence-electron chi connectivity index (χ1n) is 9.99. The molecule has 0 bridgehead atoms. The van der Waals surface area contributed by atoms with Crippen LogP contribution in [0.4, 0.5) is 11.4 Å². The maximum absolute atomic E-state index is 12.8. The van der Waals surface area contributed by atoms with E-state index in [-0.39, 0.29) is 27.2 Å². The normalized spacial score (nSPS) is 11.7. The van der Waals surface area contributed by atoms with E-state index in [2.05, 4.69) is 15.5 Å². The van der Waals surface area contributed by atoms with Gasteiger partial charge in [-0.25, -0.2) is 0 Å². The van der Waals surface area contributed by atoms with E-state index in [1.165, 1.54) is 33.3 Å². The van der Waals surface area contributed by atoms with Crippen molar-refractivity contribution in [1.29, 1.82) is 0 Å². The molecule has 1 unspecified atom stereocenters. The summed E-state index contributed by atoms with van der Waals surface area (Å²) < 4.78 is 21.5. The Kier molecular flexibility index (Phi) is 9.74. The van der Waals surface area contributed by atoms with Crippen molar-refractivity contribution in [2.24, 2.45) is 10.2 Å². The number of carbonyl (C=O) groups excluding carboxylic acids is 2. The summed E-state index contributed by atoms with van der Waals surface area (Å²) >= 11 is 12.6. The van der Waals surface area contributed by atoms with Gasteiger partial charge in [-0.2, -0.15) is 10.2 Å². The van der Waals surface area contributed by atoms with Gasteiger partial charge in [0.2, 0.25) is 6.04 Å². The highest BCUT2D eigenvalue weighted by atomic mass is 35.5. The molecular weight excluding hydrogens is 473 g/mol. The van der Waals surface area contributed by atoms with Gasteiger partial charge in [-0.3, -0.25) is 9.59 Å². The molecule has 1 atom stereocenters. The molecule has 9 nitrogen and oxygen atoms in total. The van der Waals surface area contributed by atoms with E-state index in [9.17, 15) is 9.59 Å². The Hall–Kier alpha value is -3.04. The van der Waals surface area contributed by atoms with Gasteiger partial charge in [0.15, 0.2) is 28.8 Å². The second-order valence-electron chi connectivity index (χ2n) is 6.50. The largest absolute Gasteiger partial charge is 0.493 e. The average Bonchev–Trinajstić information content (AvgIpc) is 2.77. The van der Waals surface area contributed by atoms with Gasteiger partial charge < -0.3 is 24.3 Å². The number of hydrogen-bond acceptors (Lipinski definition) is 8. The first-order chi connectivity index (χ1) is 15.8. The number of ether oxygens (including phenoxy) is 4. The minimum absolute atomic E-state index is 0.115. The molecule has 33 heavy (non-hydrogen) atoms. The van der Waals surface area contributed by atoms with E-state index < -0.39 is 17.7 Å². The number of Topliss-reactive ketones (excluding diaryl/α,β-unsaturated/α-hetero) is 1. The monoisotopic (exact) mass is 497 g/mol. The Bertz CT molecular complexity index is 1050. The maximum atomic E-state index is 12.8. The van der Waals surface area contributed by atoms with Crippen molar-refractivity contribution in [1.82, 2.24) is 0 Å². The summed E-state index contributed by atoms with van der Waals surface area (Å²) in [7, 11) is 2.88. The van der Waals surface area contributed by atoms with Gasteiger partial charge in [-0.05, 0) is 39.0 Å². The van der Waals surface area contributed by atoms with E-state index in [1.807, 2.05) is 13.8 Å². The van der Waals surface area contributed by atoms with Crippen molar-refractivity contribution in [3.63, 3.8) is 0 Å². The van der Waals surface area contributed by atoms with Crippen LogP contribution in [0.3, 0.4) is 0 Å². The number of ketones is 1. The molecule has 0 saturated heterocycles. The fourth-order valence-electron chi connectivity index (χ4n) is 2.79. The van der Waals surface area contributed by atoms with E-state index in [0.29, 0.717) is 30.5 Å². The van der Waals surface area contributed by atoms with Crippen LogP contribution < -0.4 is 24.3 Å². The molecular formula is C22H25Cl2N3O6. The van der Waals surface area contributed by atoms with Crippen LogP contribution in [-0.2, 0) is 9.59 Å². The number of methoxy groups -OCH3 is 2. The van der Waals surface area contributed by atoms with Gasteiger partial charge in [0, 0.05) is 6.07 Å². The Morgan fingerprint density at radius 2 is 1.70 bits per heavy atom. The number of anilines is 1. The topological polar surface area (TPSA) is 108 Å². The molecule has 2 aromatic rings. The van der Waals surface area contributed by atoms with Crippen LogP contribution in [0.2, 0.25) is 10.0 Å². The summed E-state index contributed by atoms with van der Waals surface area (Å²) in [5, 5.41) is 10.9. The zero-order valence-electron chi connectivity index (χ0n) is 18.9. The Labute approximate surface area is 202 Å². The number of nitrogens with one attached hydrogen (secondary N) is 1.